The molecule has 0 radical (unpaired) electrons. The molecule has 0 aliphatic heterocycles. The van der Waals surface area contributed by atoms with E-state index >= 15 is 0 Å². The summed E-state index contributed by atoms with van der Waals surface area (Å²) in [5, 5.41) is 0.104. The van der Waals surface area contributed by atoms with Gasteiger partial charge in [0.2, 0.25) is 5.91 Å². The first-order valence-electron chi connectivity index (χ1n) is 6.17. The number of hydrogen-bond donors (Lipinski definition) is 2. The van der Waals surface area contributed by atoms with Crippen LogP contribution in [0.15, 0.2) is 36.5 Å². The molecule has 0 aliphatic rings. The van der Waals surface area contributed by atoms with Crippen LogP contribution in [0.5, 0.6) is 0 Å². The zero-order valence-corrected chi connectivity index (χ0v) is 12.1. The topological polar surface area (TPSA) is 72.4 Å². The van der Waals surface area contributed by atoms with E-state index < -0.39 is 5.91 Å². The lowest BCUT2D eigenvalue weighted by atomic mass is 10.0. The summed E-state index contributed by atoms with van der Waals surface area (Å²) < 4.78 is 13.0. The largest absolute Gasteiger partial charge is 0.376 e. The van der Waals surface area contributed by atoms with E-state index in [0.29, 0.717) is 12.1 Å². The van der Waals surface area contributed by atoms with Crippen LogP contribution in [-0.4, -0.2) is 15.9 Å². The van der Waals surface area contributed by atoms with Crippen molar-refractivity contribution < 1.29 is 9.18 Å². The van der Waals surface area contributed by atoms with Gasteiger partial charge in [-0.2, -0.15) is 0 Å². The Labute approximate surface area is 123 Å². The average molecular weight is 295 g/mol. The number of carbonyl (C=O) groups excluding carboxylic acids is 1. The molecule has 108 valence electrons. The predicted octanol–water partition coefficient (Wildman–Crippen LogP) is 2.21. The number of nitrogens with zero attached hydrogens (tertiary/aromatic N) is 1. The fourth-order valence-corrected chi connectivity index (χ4v) is 2.32. The Morgan fingerprint density at radius 2 is 1.95 bits per heavy atom. The van der Waals surface area contributed by atoms with Gasteiger partial charge in [-0.3, -0.25) is 4.79 Å². The SMILES string of the molecule is C=C(CC(N)=O)N(C(N)=S)C(CC)c1ccc(F)cc1. The molecule has 6 heteroatoms. The van der Waals surface area contributed by atoms with E-state index in [1.165, 1.54) is 12.1 Å². The summed E-state index contributed by atoms with van der Waals surface area (Å²) >= 11 is 5.03. The normalized spacial score (nSPS) is 11.7. The van der Waals surface area contributed by atoms with Crippen LogP contribution in [0.2, 0.25) is 0 Å². The maximum Gasteiger partial charge on any atom is 0.223 e. The Kier molecular flexibility index (Phi) is 5.64. The second-order valence-electron chi connectivity index (χ2n) is 4.39. The molecule has 4 N–H and O–H groups in total. The highest BCUT2D eigenvalue weighted by Crippen LogP contribution is 2.28. The van der Waals surface area contributed by atoms with Crippen molar-refractivity contribution in [2.24, 2.45) is 11.5 Å². The van der Waals surface area contributed by atoms with E-state index in [-0.39, 0.29) is 23.4 Å². The first-order chi connectivity index (χ1) is 9.36. The molecule has 1 atom stereocenters. The van der Waals surface area contributed by atoms with Crippen molar-refractivity contribution in [1.82, 2.24) is 4.90 Å². The molecule has 1 unspecified atom stereocenters. The van der Waals surface area contributed by atoms with Gasteiger partial charge in [0.15, 0.2) is 5.11 Å². The highest BCUT2D eigenvalue weighted by Gasteiger charge is 2.23. The Hall–Kier alpha value is -1.95. The summed E-state index contributed by atoms with van der Waals surface area (Å²) in [6.45, 7) is 5.75. The zero-order valence-electron chi connectivity index (χ0n) is 11.3. The molecule has 0 aliphatic carbocycles. The number of rotatable bonds is 6. The number of benzene rings is 1. The number of halogens is 1. The van der Waals surface area contributed by atoms with Crippen molar-refractivity contribution >= 4 is 23.2 Å². The van der Waals surface area contributed by atoms with Crippen LogP contribution in [0.4, 0.5) is 4.39 Å². The minimum Gasteiger partial charge on any atom is -0.376 e. The van der Waals surface area contributed by atoms with Crippen LogP contribution >= 0.6 is 12.2 Å². The van der Waals surface area contributed by atoms with Crippen LogP contribution in [0.1, 0.15) is 31.4 Å². The van der Waals surface area contributed by atoms with Gasteiger partial charge in [-0.1, -0.05) is 25.6 Å². The number of primary amides is 1. The van der Waals surface area contributed by atoms with E-state index in [1.807, 2.05) is 6.92 Å². The summed E-state index contributed by atoms with van der Waals surface area (Å²) in [7, 11) is 0. The molecule has 0 spiro atoms. The summed E-state index contributed by atoms with van der Waals surface area (Å²) in [6.07, 6.45) is 0.635. The average Bonchev–Trinajstić information content (AvgIpc) is 2.35. The Morgan fingerprint density at radius 1 is 1.40 bits per heavy atom. The molecule has 0 fully saturated rings. The van der Waals surface area contributed by atoms with Gasteiger partial charge in [0.05, 0.1) is 12.5 Å². The Balaban J connectivity index is 3.09. The van der Waals surface area contributed by atoms with Gasteiger partial charge >= 0.3 is 0 Å². The van der Waals surface area contributed by atoms with Crippen molar-refractivity contribution in [2.45, 2.75) is 25.8 Å². The lowest BCUT2D eigenvalue weighted by Crippen LogP contribution is -2.38. The van der Waals surface area contributed by atoms with Gasteiger partial charge in [-0.25, -0.2) is 4.39 Å². The molecule has 20 heavy (non-hydrogen) atoms. The monoisotopic (exact) mass is 295 g/mol. The van der Waals surface area contributed by atoms with Crippen molar-refractivity contribution in [3.63, 3.8) is 0 Å². The van der Waals surface area contributed by atoms with Crippen molar-refractivity contribution in [1.29, 1.82) is 0 Å². The molecule has 0 saturated carbocycles. The second kappa shape index (κ2) is 7.00. The van der Waals surface area contributed by atoms with E-state index in [4.69, 9.17) is 23.7 Å². The molecular formula is C14H18FN3OS. The Bertz CT molecular complexity index is 516. The molecule has 1 rings (SSSR count). The highest BCUT2D eigenvalue weighted by atomic mass is 32.1. The first-order valence-corrected chi connectivity index (χ1v) is 6.57. The number of amides is 1. The van der Waals surface area contributed by atoms with Crippen LogP contribution in [0, 0.1) is 5.82 Å². The van der Waals surface area contributed by atoms with E-state index in [1.54, 1.807) is 17.0 Å². The van der Waals surface area contributed by atoms with Crippen molar-refractivity contribution in [3.05, 3.63) is 47.9 Å². The summed E-state index contributed by atoms with van der Waals surface area (Å²) in [4.78, 5) is 12.6. The fraction of sp³-hybridized carbons (Fsp3) is 0.286. The smallest absolute Gasteiger partial charge is 0.223 e. The molecule has 1 amide bonds. The summed E-state index contributed by atoms with van der Waals surface area (Å²) in [5.74, 6) is -0.827. The van der Waals surface area contributed by atoms with Gasteiger partial charge in [-0.15, -0.1) is 0 Å². The van der Waals surface area contributed by atoms with Crippen LogP contribution < -0.4 is 11.5 Å². The van der Waals surface area contributed by atoms with Gasteiger partial charge in [0.1, 0.15) is 5.82 Å². The quantitative estimate of drug-likeness (QED) is 0.789. The van der Waals surface area contributed by atoms with Gasteiger partial charge < -0.3 is 16.4 Å². The summed E-state index contributed by atoms with van der Waals surface area (Å²) in [5.41, 5.74) is 12.2. The first kappa shape index (κ1) is 16.1. The van der Waals surface area contributed by atoms with Gasteiger partial charge in [-0.05, 0) is 36.3 Å². The maximum absolute atomic E-state index is 13.0. The predicted molar refractivity (Wildman–Crippen MR) is 81.0 cm³/mol. The van der Waals surface area contributed by atoms with Crippen LogP contribution in [-0.2, 0) is 4.79 Å². The minimum atomic E-state index is -0.509. The molecule has 0 heterocycles. The summed E-state index contributed by atoms with van der Waals surface area (Å²) in [6, 6.07) is 5.85. The Morgan fingerprint density at radius 3 is 2.35 bits per heavy atom. The minimum absolute atomic E-state index is 0.0327. The lowest BCUT2D eigenvalue weighted by molar-refractivity contribution is -0.117. The standard InChI is InChI=1S/C14H18FN3OS/c1-3-12(10-4-6-11(15)7-5-10)18(14(17)20)9(2)8-13(16)19/h4-7,12H,2-3,8H2,1H3,(H2,16,19)(H2,17,20). The van der Waals surface area contributed by atoms with Crippen molar-refractivity contribution in [2.75, 3.05) is 0 Å². The number of carbonyl (C=O) groups is 1. The van der Waals surface area contributed by atoms with Gasteiger partial charge in [0.25, 0.3) is 0 Å². The molecule has 1 aromatic rings. The molecule has 4 nitrogen and oxygen atoms in total. The fourth-order valence-electron chi connectivity index (χ4n) is 2.07. The molecule has 1 aromatic carbocycles. The lowest BCUT2D eigenvalue weighted by Gasteiger charge is -2.33. The second-order valence-corrected chi connectivity index (χ2v) is 4.81. The van der Waals surface area contributed by atoms with Crippen molar-refractivity contribution in [3.8, 4) is 0 Å². The van der Waals surface area contributed by atoms with Gasteiger partial charge in [0, 0.05) is 5.70 Å². The van der Waals surface area contributed by atoms with E-state index in [9.17, 15) is 9.18 Å². The van der Waals surface area contributed by atoms with E-state index in [0.717, 1.165) is 5.56 Å². The molecule has 0 aromatic heterocycles. The van der Waals surface area contributed by atoms with Crippen LogP contribution in [0.3, 0.4) is 0 Å². The highest BCUT2D eigenvalue weighted by molar-refractivity contribution is 7.80. The number of thiocarbonyl (C=S) groups is 1. The van der Waals surface area contributed by atoms with E-state index in [2.05, 4.69) is 6.58 Å². The van der Waals surface area contributed by atoms with Crippen LogP contribution in [0.25, 0.3) is 0 Å². The molecule has 0 saturated heterocycles. The third-order valence-electron chi connectivity index (χ3n) is 2.91. The zero-order chi connectivity index (χ0) is 15.3. The molecular weight excluding hydrogens is 277 g/mol. The maximum atomic E-state index is 13.0. The third kappa shape index (κ3) is 4.03. The number of hydrogen-bond acceptors (Lipinski definition) is 2. The third-order valence-corrected chi connectivity index (χ3v) is 3.11. The number of nitrogens with two attached hydrogens (primary N) is 2. The molecule has 0 bridgehead atoms.